The van der Waals surface area contributed by atoms with Crippen molar-refractivity contribution >= 4 is 5.78 Å². The van der Waals surface area contributed by atoms with Crippen molar-refractivity contribution in [3.05, 3.63) is 17.5 Å². The zero-order chi connectivity index (χ0) is 10.1. The molecule has 1 fully saturated rings. The molecular formula is C11H16N2O. The van der Waals surface area contributed by atoms with Gasteiger partial charge in [-0.15, -0.1) is 0 Å². The van der Waals surface area contributed by atoms with Gasteiger partial charge in [0.05, 0.1) is 11.8 Å². The van der Waals surface area contributed by atoms with Gasteiger partial charge in [0, 0.05) is 19.2 Å². The minimum atomic E-state index is 0.252. The molecule has 0 aliphatic heterocycles. The summed E-state index contributed by atoms with van der Waals surface area (Å²) in [6.45, 7) is 1.94. The van der Waals surface area contributed by atoms with Crippen LogP contribution >= 0.6 is 0 Å². The third kappa shape index (κ3) is 1.86. The van der Waals surface area contributed by atoms with Gasteiger partial charge in [0.15, 0.2) is 5.78 Å². The molecule has 0 saturated heterocycles. The maximum Gasteiger partial charge on any atom is 0.166 e. The highest BCUT2D eigenvalue weighted by Crippen LogP contribution is 2.33. The third-order valence-corrected chi connectivity index (χ3v) is 3.01. The Morgan fingerprint density at radius 3 is 2.86 bits per heavy atom. The van der Waals surface area contributed by atoms with Gasteiger partial charge in [0.1, 0.15) is 0 Å². The molecule has 0 radical (unpaired) electrons. The number of hydrogen-bond acceptors (Lipinski definition) is 2. The molecule has 1 heterocycles. The summed E-state index contributed by atoms with van der Waals surface area (Å²) in [7, 11) is 1.87. The molecule has 0 atom stereocenters. The quantitative estimate of drug-likeness (QED) is 0.685. The van der Waals surface area contributed by atoms with Gasteiger partial charge in [0.2, 0.25) is 0 Å². The highest BCUT2D eigenvalue weighted by molar-refractivity contribution is 5.96. The van der Waals surface area contributed by atoms with Gasteiger partial charge in [-0.3, -0.25) is 9.48 Å². The molecule has 1 saturated carbocycles. The standard InChI is InChI=1S/C11H16N2O/c1-8-10(7-12-13(8)2)11(14)6-5-9-3-4-9/h7,9H,3-6H2,1-2H3. The Hall–Kier alpha value is -1.12. The highest BCUT2D eigenvalue weighted by Gasteiger charge is 2.23. The molecule has 1 aliphatic carbocycles. The van der Waals surface area contributed by atoms with Crippen LogP contribution in [0.5, 0.6) is 0 Å². The van der Waals surface area contributed by atoms with E-state index in [-0.39, 0.29) is 5.78 Å². The van der Waals surface area contributed by atoms with Crippen LogP contribution in [0, 0.1) is 12.8 Å². The maximum atomic E-state index is 11.8. The van der Waals surface area contributed by atoms with E-state index in [1.54, 1.807) is 10.9 Å². The van der Waals surface area contributed by atoms with Gasteiger partial charge in [-0.1, -0.05) is 12.8 Å². The molecule has 3 nitrogen and oxygen atoms in total. The molecule has 1 aromatic rings. The van der Waals surface area contributed by atoms with Crippen LogP contribution in [-0.4, -0.2) is 15.6 Å². The second kappa shape index (κ2) is 3.56. The summed E-state index contributed by atoms with van der Waals surface area (Å²) in [5, 5.41) is 4.08. The first-order valence-electron chi connectivity index (χ1n) is 5.20. The van der Waals surface area contributed by atoms with Crippen LogP contribution in [0.1, 0.15) is 41.7 Å². The predicted octanol–water partition coefficient (Wildman–Crippen LogP) is 2.10. The first-order chi connectivity index (χ1) is 6.68. The summed E-state index contributed by atoms with van der Waals surface area (Å²) in [4.78, 5) is 11.8. The number of aryl methyl sites for hydroxylation is 1. The summed E-state index contributed by atoms with van der Waals surface area (Å²) >= 11 is 0. The lowest BCUT2D eigenvalue weighted by atomic mass is 10.1. The van der Waals surface area contributed by atoms with E-state index in [0.29, 0.717) is 6.42 Å². The molecule has 0 N–H and O–H groups in total. The van der Waals surface area contributed by atoms with Crippen LogP contribution in [0.3, 0.4) is 0 Å². The highest BCUT2D eigenvalue weighted by atomic mass is 16.1. The number of rotatable bonds is 4. The van der Waals surface area contributed by atoms with E-state index in [1.165, 1.54) is 12.8 Å². The zero-order valence-corrected chi connectivity index (χ0v) is 8.79. The van der Waals surface area contributed by atoms with Crippen molar-refractivity contribution in [1.82, 2.24) is 9.78 Å². The molecule has 0 bridgehead atoms. The van der Waals surface area contributed by atoms with Crippen molar-refractivity contribution in [2.75, 3.05) is 0 Å². The van der Waals surface area contributed by atoms with Crippen LogP contribution < -0.4 is 0 Å². The SMILES string of the molecule is Cc1c(C(=O)CCC2CC2)cnn1C. The van der Waals surface area contributed by atoms with E-state index in [2.05, 4.69) is 5.10 Å². The molecule has 14 heavy (non-hydrogen) atoms. The van der Waals surface area contributed by atoms with Crippen molar-refractivity contribution in [2.45, 2.75) is 32.6 Å². The Morgan fingerprint density at radius 2 is 2.36 bits per heavy atom. The molecular weight excluding hydrogens is 176 g/mol. The fourth-order valence-corrected chi connectivity index (χ4v) is 1.65. The monoisotopic (exact) mass is 192 g/mol. The largest absolute Gasteiger partial charge is 0.294 e. The zero-order valence-electron chi connectivity index (χ0n) is 8.79. The van der Waals surface area contributed by atoms with E-state index in [9.17, 15) is 4.79 Å². The average molecular weight is 192 g/mol. The Balaban J connectivity index is 1.98. The fraction of sp³-hybridized carbons (Fsp3) is 0.636. The maximum absolute atomic E-state index is 11.8. The molecule has 1 aliphatic rings. The van der Waals surface area contributed by atoms with Gasteiger partial charge < -0.3 is 0 Å². The second-order valence-electron chi connectivity index (χ2n) is 4.17. The van der Waals surface area contributed by atoms with Gasteiger partial charge >= 0.3 is 0 Å². The summed E-state index contributed by atoms with van der Waals surface area (Å²) in [5.74, 6) is 1.08. The van der Waals surface area contributed by atoms with E-state index >= 15 is 0 Å². The average Bonchev–Trinajstić information content (AvgIpc) is 2.92. The molecule has 0 aromatic carbocycles. The van der Waals surface area contributed by atoms with Gasteiger partial charge in [0.25, 0.3) is 0 Å². The van der Waals surface area contributed by atoms with Crippen molar-refractivity contribution in [3.8, 4) is 0 Å². The van der Waals surface area contributed by atoms with Crippen LogP contribution in [0.2, 0.25) is 0 Å². The summed E-state index contributed by atoms with van der Waals surface area (Å²) < 4.78 is 1.75. The normalized spacial score (nSPS) is 15.9. The van der Waals surface area contributed by atoms with Crippen molar-refractivity contribution in [2.24, 2.45) is 13.0 Å². The molecule has 1 aromatic heterocycles. The second-order valence-corrected chi connectivity index (χ2v) is 4.17. The van der Waals surface area contributed by atoms with Crippen molar-refractivity contribution in [3.63, 3.8) is 0 Å². The lowest BCUT2D eigenvalue weighted by Gasteiger charge is -1.99. The van der Waals surface area contributed by atoms with E-state index in [4.69, 9.17) is 0 Å². The van der Waals surface area contributed by atoms with Crippen LogP contribution in [-0.2, 0) is 7.05 Å². The Bertz CT molecular complexity index is 350. The van der Waals surface area contributed by atoms with Crippen molar-refractivity contribution < 1.29 is 4.79 Å². The van der Waals surface area contributed by atoms with Crippen molar-refractivity contribution in [1.29, 1.82) is 0 Å². The molecule has 76 valence electrons. The predicted molar refractivity (Wildman–Crippen MR) is 54.2 cm³/mol. The van der Waals surface area contributed by atoms with Gasteiger partial charge in [-0.25, -0.2) is 0 Å². The van der Waals surface area contributed by atoms with Crippen LogP contribution in [0.4, 0.5) is 0 Å². The molecule has 0 amide bonds. The van der Waals surface area contributed by atoms with E-state index in [1.807, 2.05) is 14.0 Å². The lowest BCUT2D eigenvalue weighted by molar-refractivity contribution is 0.0977. The molecule has 2 rings (SSSR count). The minimum absolute atomic E-state index is 0.252. The van der Waals surface area contributed by atoms with E-state index < -0.39 is 0 Å². The van der Waals surface area contributed by atoms with Crippen LogP contribution in [0.25, 0.3) is 0 Å². The molecule has 0 spiro atoms. The number of hydrogen-bond donors (Lipinski definition) is 0. The number of nitrogens with zero attached hydrogens (tertiary/aromatic N) is 2. The Morgan fingerprint density at radius 1 is 1.64 bits per heavy atom. The first kappa shape index (κ1) is 9.44. The number of Topliss-reactive ketones (excluding diaryl/α,β-unsaturated/α-hetero) is 1. The molecule has 3 heteroatoms. The Kier molecular flexibility index (Phi) is 2.40. The smallest absolute Gasteiger partial charge is 0.166 e. The lowest BCUT2D eigenvalue weighted by Crippen LogP contribution is -2.02. The number of carbonyl (C=O) groups excluding carboxylic acids is 1. The Labute approximate surface area is 84.1 Å². The number of aromatic nitrogens is 2. The summed E-state index contributed by atoms with van der Waals surface area (Å²) in [6, 6.07) is 0. The fourth-order valence-electron chi connectivity index (χ4n) is 1.65. The minimum Gasteiger partial charge on any atom is -0.294 e. The summed E-state index contributed by atoms with van der Waals surface area (Å²) in [6.07, 6.45) is 6.08. The van der Waals surface area contributed by atoms with E-state index in [0.717, 1.165) is 23.6 Å². The van der Waals surface area contributed by atoms with Crippen LogP contribution in [0.15, 0.2) is 6.20 Å². The number of ketones is 1. The first-order valence-corrected chi connectivity index (χ1v) is 5.20. The topological polar surface area (TPSA) is 34.9 Å². The van der Waals surface area contributed by atoms with Gasteiger partial charge in [-0.2, -0.15) is 5.10 Å². The third-order valence-electron chi connectivity index (χ3n) is 3.01. The summed E-state index contributed by atoms with van der Waals surface area (Å²) in [5.41, 5.74) is 1.78. The number of carbonyl (C=O) groups is 1. The van der Waals surface area contributed by atoms with Gasteiger partial charge in [-0.05, 0) is 19.3 Å². The molecule has 0 unspecified atom stereocenters.